The summed E-state index contributed by atoms with van der Waals surface area (Å²) >= 11 is 0. The highest BCUT2D eigenvalue weighted by atomic mass is 15.0. The number of nitriles is 1. The number of hydrogen-bond acceptors (Lipinski definition) is 4. The zero-order valence-electron chi connectivity index (χ0n) is 11.0. The third-order valence-corrected chi connectivity index (χ3v) is 2.88. The van der Waals surface area contributed by atoms with Crippen molar-refractivity contribution in [1.29, 1.82) is 5.26 Å². The van der Waals surface area contributed by atoms with Crippen LogP contribution in [0.15, 0.2) is 36.4 Å². The maximum Gasteiger partial charge on any atom is 0.127 e. The van der Waals surface area contributed by atoms with Crippen LogP contribution in [0.3, 0.4) is 0 Å². The van der Waals surface area contributed by atoms with Gasteiger partial charge in [-0.25, -0.2) is 4.98 Å². The van der Waals surface area contributed by atoms with E-state index in [9.17, 15) is 0 Å². The van der Waals surface area contributed by atoms with E-state index in [4.69, 9.17) is 11.0 Å². The van der Waals surface area contributed by atoms with Gasteiger partial charge in [-0.3, -0.25) is 0 Å². The number of nitrogen functional groups attached to an aromatic ring is 1. The van der Waals surface area contributed by atoms with Crippen LogP contribution < -0.4 is 11.1 Å². The van der Waals surface area contributed by atoms with Crippen molar-refractivity contribution in [2.45, 2.75) is 19.9 Å². The summed E-state index contributed by atoms with van der Waals surface area (Å²) in [5, 5.41) is 12.2. The van der Waals surface area contributed by atoms with Crippen LogP contribution in [0.2, 0.25) is 0 Å². The Morgan fingerprint density at radius 2 is 1.95 bits per heavy atom. The molecule has 0 aliphatic rings. The number of nitrogens with two attached hydrogens (primary N) is 1. The van der Waals surface area contributed by atoms with Gasteiger partial charge in [-0.2, -0.15) is 5.26 Å². The van der Waals surface area contributed by atoms with Crippen molar-refractivity contribution in [3.8, 4) is 6.07 Å². The first kappa shape index (κ1) is 12.9. The Kier molecular flexibility index (Phi) is 3.67. The highest BCUT2D eigenvalue weighted by Crippen LogP contribution is 2.20. The van der Waals surface area contributed by atoms with Crippen LogP contribution in [0.4, 0.5) is 11.5 Å². The lowest BCUT2D eigenvalue weighted by atomic mass is 10.1. The van der Waals surface area contributed by atoms with Crippen molar-refractivity contribution in [2.75, 3.05) is 11.1 Å². The van der Waals surface area contributed by atoms with Gasteiger partial charge in [0.25, 0.3) is 0 Å². The third kappa shape index (κ3) is 3.23. The Morgan fingerprint density at radius 3 is 2.58 bits per heavy atom. The van der Waals surface area contributed by atoms with Gasteiger partial charge in [-0.1, -0.05) is 12.1 Å². The van der Waals surface area contributed by atoms with E-state index in [-0.39, 0.29) is 6.04 Å². The first-order valence-electron chi connectivity index (χ1n) is 6.09. The van der Waals surface area contributed by atoms with Gasteiger partial charge in [0.05, 0.1) is 11.6 Å². The molecule has 4 nitrogen and oxygen atoms in total. The first-order chi connectivity index (χ1) is 9.08. The molecule has 0 aliphatic heterocycles. The summed E-state index contributed by atoms with van der Waals surface area (Å²) < 4.78 is 0. The Bertz CT molecular complexity index is 611. The molecule has 0 saturated carbocycles. The van der Waals surface area contributed by atoms with Crippen molar-refractivity contribution >= 4 is 11.5 Å². The topological polar surface area (TPSA) is 74.7 Å². The van der Waals surface area contributed by atoms with Crippen molar-refractivity contribution in [2.24, 2.45) is 0 Å². The van der Waals surface area contributed by atoms with Crippen LogP contribution in [0, 0.1) is 18.3 Å². The fourth-order valence-corrected chi connectivity index (χ4v) is 1.90. The highest BCUT2D eigenvalue weighted by Gasteiger charge is 2.07. The molecule has 0 aliphatic carbocycles. The second-order valence-electron chi connectivity index (χ2n) is 4.53. The molecule has 0 bridgehead atoms. The molecule has 2 aromatic rings. The Balaban J connectivity index is 2.19. The largest absolute Gasteiger partial charge is 0.399 e. The van der Waals surface area contributed by atoms with E-state index in [1.165, 1.54) is 0 Å². The quantitative estimate of drug-likeness (QED) is 0.823. The van der Waals surface area contributed by atoms with Crippen LogP contribution in [-0.2, 0) is 0 Å². The molecular formula is C15H16N4. The van der Waals surface area contributed by atoms with Gasteiger partial charge in [0.1, 0.15) is 5.82 Å². The number of hydrogen-bond donors (Lipinski definition) is 2. The Labute approximate surface area is 112 Å². The third-order valence-electron chi connectivity index (χ3n) is 2.88. The molecule has 1 aromatic carbocycles. The minimum Gasteiger partial charge on any atom is -0.399 e. The Hall–Kier alpha value is -2.54. The molecule has 0 fully saturated rings. The van der Waals surface area contributed by atoms with Crippen molar-refractivity contribution in [1.82, 2.24) is 4.98 Å². The minimum absolute atomic E-state index is 0.0986. The molecule has 1 unspecified atom stereocenters. The molecule has 1 aromatic heterocycles. The van der Waals surface area contributed by atoms with Gasteiger partial charge in [-0.15, -0.1) is 0 Å². The molecule has 3 N–H and O–H groups in total. The van der Waals surface area contributed by atoms with Gasteiger partial charge >= 0.3 is 0 Å². The summed E-state index contributed by atoms with van der Waals surface area (Å²) in [5.41, 5.74) is 8.97. The number of nitrogens with zero attached hydrogens (tertiary/aromatic N) is 2. The lowest BCUT2D eigenvalue weighted by molar-refractivity contribution is 0.872. The highest BCUT2D eigenvalue weighted by molar-refractivity contribution is 5.47. The molecule has 1 heterocycles. The molecule has 0 spiro atoms. The molecule has 19 heavy (non-hydrogen) atoms. The number of pyridine rings is 1. The van der Waals surface area contributed by atoms with Crippen LogP contribution in [0.5, 0.6) is 0 Å². The second-order valence-corrected chi connectivity index (χ2v) is 4.53. The fourth-order valence-electron chi connectivity index (χ4n) is 1.90. The lowest BCUT2D eigenvalue weighted by Gasteiger charge is -2.15. The van der Waals surface area contributed by atoms with Crippen LogP contribution >= 0.6 is 0 Å². The van der Waals surface area contributed by atoms with E-state index in [0.717, 1.165) is 16.9 Å². The number of aryl methyl sites for hydroxylation is 1. The second kappa shape index (κ2) is 5.40. The van der Waals surface area contributed by atoms with E-state index in [0.29, 0.717) is 11.4 Å². The molecule has 0 amide bonds. The summed E-state index contributed by atoms with van der Waals surface area (Å²) in [4.78, 5) is 4.38. The van der Waals surface area contributed by atoms with Crippen molar-refractivity contribution in [3.05, 3.63) is 53.2 Å². The minimum atomic E-state index is 0.0986. The molecule has 2 rings (SSSR count). The summed E-state index contributed by atoms with van der Waals surface area (Å²) in [6.45, 7) is 3.92. The fraction of sp³-hybridized carbons (Fsp3) is 0.200. The van der Waals surface area contributed by atoms with E-state index >= 15 is 0 Å². The zero-order valence-corrected chi connectivity index (χ0v) is 11.0. The monoisotopic (exact) mass is 252 g/mol. The number of rotatable bonds is 3. The molecule has 0 saturated heterocycles. The number of benzene rings is 1. The van der Waals surface area contributed by atoms with Crippen LogP contribution in [0.1, 0.15) is 29.8 Å². The Morgan fingerprint density at radius 1 is 1.26 bits per heavy atom. The smallest absolute Gasteiger partial charge is 0.127 e. The average molecular weight is 252 g/mol. The predicted octanol–water partition coefficient (Wildman–Crippen LogP) is 3.02. The normalized spacial score (nSPS) is 11.6. The maximum absolute atomic E-state index is 8.95. The SMILES string of the molecule is Cc1cc(C#N)cc(NC(C)c2ccc(N)cc2)n1. The molecule has 4 heteroatoms. The van der Waals surface area contributed by atoms with Crippen molar-refractivity contribution in [3.63, 3.8) is 0 Å². The first-order valence-corrected chi connectivity index (χ1v) is 6.09. The summed E-state index contributed by atoms with van der Waals surface area (Å²) in [7, 11) is 0. The van der Waals surface area contributed by atoms with Crippen LogP contribution in [-0.4, -0.2) is 4.98 Å². The lowest BCUT2D eigenvalue weighted by Crippen LogP contribution is -2.08. The standard InChI is InChI=1S/C15H16N4/c1-10-7-12(9-16)8-15(18-10)19-11(2)13-3-5-14(17)6-4-13/h3-8,11H,17H2,1-2H3,(H,18,19). The van der Waals surface area contributed by atoms with Crippen molar-refractivity contribution < 1.29 is 0 Å². The number of anilines is 2. The van der Waals surface area contributed by atoms with E-state index in [1.807, 2.05) is 38.1 Å². The number of nitrogens with one attached hydrogen (secondary N) is 1. The van der Waals surface area contributed by atoms with Gasteiger partial charge in [0, 0.05) is 17.4 Å². The molecule has 1 atom stereocenters. The summed E-state index contributed by atoms with van der Waals surface area (Å²) in [5.74, 6) is 0.709. The summed E-state index contributed by atoms with van der Waals surface area (Å²) in [6.07, 6.45) is 0. The molecular weight excluding hydrogens is 236 g/mol. The zero-order chi connectivity index (χ0) is 13.8. The van der Waals surface area contributed by atoms with Gasteiger partial charge in [0.15, 0.2) is 0 Å². The number of aromatic nitrogens is 1. The van der Waals surface area contributed by atoms with Gasteiger partial charge < -0.3 is 11.1 Å². The van der Waals surface area contributed by atoms with E-state index in [1.54, 1.807) is 12.1 Å². The van der Waals surface area contributed by atoms with Crippen LogP contribution in [0.25, 0.3) is 0 Å². The van der Waals surface area contributed by atoms with E-state index < -0.39 is 0 Å². The van der Waals surface area contributed by atoms with E-state index in [2.05, 4.69) is 16.4 Å². The average Bonchev–Trinajstić information content (AvgIpc) is 2.38. The predicted molar refractivity (Wildman–Crippen MR) is 76.6 cm³/mol. The molecule has 96 valence electrons. The molecule has 0 radical (unpaired) electrons. The summed E-state index contributed by atoms with van der Waals surface area (Å²) in [6, 6.07) is 13.5. The maximum atomic E-state index is 8.95. The van der Waals surface area contributed by atoms with Gasteiger partial charge in [-0.05, 0) is 43.7 Å². The van der Waals surface area contributed by atoms with Gasteiger partial charge in [0.2, 0.25) is 0 Å².